The zero-order valence-corrected chi connectivity index (χ0v) is 12.4. The molecule has 19 heavy (non-hydrogen) atoms. The number of nitrogens with zero attached hydrogens (tertiary/aromatic N) is 2. The van der Waals surface area contributed by atoms with Crippen molar-refractivity contribution in [2.75, 3.05) is 5.32 Å². The van der Waals surface area contributed by atoms with Gasteiger partial charge in [-0.1, -0.05) is 32.1 Å². The highest BCUT2D eigenvalue weighted by molar-refractivity contribution is 7.16. The first kappa shape index (κ1) is 13.1. The van der Waals surface area contributed by atoms with E-state index in [1.54, 1.807) is 11.3 Å². The van der Waals surface area contributed by atoms with E-state index in [2.05, 4.69) is 21.4 Å². The number of fused-ring (bicyclic) bond motifs is 1. The van der Waals surface area contributed by atoms with Crippen LogP contribution in [0.2, 0.25) is 5.28 Å². The molecule has 0 saturated heterocycles. The third-order valence-corrected chi connectivity index (χ3v) is 4.72. The van der Waals surface area contributed by atoms with Crippen molar-refractivity contribution in [3.8, 4) is 0 Å². The average Bonchev–Trinajstić information content (AvgIpc) is 2.80. The first-order valence-electron chi connectivity index (χ1n) is 7.00. The van der Waals surface area contributed by atoms with Crippen molar-refractivity contribution in [3.63, 3.8) is 0 Å². The molecule has 0 radical (unpaired) electrons. The third kappa shape index (κ3) is 3.18. The highest BCUT2D eigenvalue weighted by Gasteiger charge is 2.14. The minimum Gasteiger partial charge on any atom is -0.367 e. The molecule has 3 rings (SSSR count). The SMILES string of the molecule is Clc1nc(NC2CCCCCCC2)c2ccsc2n1. The second-order valence-corrected chi connectivity index (χ2v) is 6.40. The standard InChI is InChI=1S/C14H18ClN3S/c15-14-17-12(11-8-9-19-13(11)18-14)16-10-6-4-2-1-3-5-7-10/h8-10H,1-7H2,(H,16,17,18). The van der Waals surface area contributed by atoms with Gasteiger partial charge in [-0.05, 0) is 35.9 Å². The molecule has 1 aliphatic carbocycles. The largest absolute Gasteiger partial charge is 0.367 e. The summed E-state index contributed by atoms with van der Waals surface area (Å²) in [5.74, 6) is 0.904. The van der Waals surface area contributed by atoms with Crippen LogP contribution in [0.15, 0.2) is 11.4 Å². The summed E-state index contributed by atoms with van der Waals surface area (Å²) < 4.78 is 0. The van der Waals surface area contributed by atoms with Crippen LogP contribution in [0.5, 0.6) is 0 Å². The van der Waals surface area contributed by atoms with Crippen LogP contribution in [0.4, 0.5) is 5.82 Å². The lowest BCUT2D eigenvalue weighted by molar-refractivity contribution is 0.471. The van der Waals surface area contributed by atoms with Gasteiger partial charge in [0.15, 0.2) is 0 Å². The van der Waals surface area contributed by atoms with E-state index in [9.17, 15) is 0 Å². The van der Waals surface area contributed by atoms with E-state index in [4.69, 9.17) is 11.6 Å². The van der Waals surface area contributed by atoms with Crippen molar-refractivity contribution in [2.45, 2.75) is 51.0 Å². The fraction of sp³-hybridized carbons (Fsp3) is 0.571. The average molecular weight is 296 g/mol. The highest BCUT2D eigenvalue weighted by Crippen LogP contribution is 2.28. The van der Waals surface area contributed by atoms with E-state index in [1.807, 2.05) is 5.38 Å². The van der Waals surface area contributed by atoms with Crippen LogP contribution >= 0.6 is 22.9 Å². The van der Waals surface area contributed by atoms with Gasteiger partial charge in [0.1, 0.15) is 10.6 Å². The molecule has 102 valence electrons. The second-order valence-electron chi connectivity index (χ2n) is 5.17. The van der Waals surface area contributed by atoms with Crippen molar-refractivity contribution in [1.82, 2.24) is 9.97 Å². The molecule has 1 fully saturated rings. The lowest BCUT2D eigenvalue weighted by Gasteiger charge is -2.21. The molecule has 1 N–H and O–H groups in total. The normalized spacial score (nSPS) is 18.2. The Morgan fingerprint density at radius 3 is 2.63 bits per heavy atom. The molecule has 5 heteroatoms. The zero-order valence-electron chi connectivity index (χ0n) is 10.9. The fourth-order valence-corrected chi connectivity index (χ4v) is 3.72. The van der Waals surface area contributed by atoms with Crippen molar-refractivity contribution < 1.29 is 0 Å². The molecule has 0 bridgehead atoms. The Bertz CT molecular complexity index is 547. The van der Waals surface area contributed by atoms with E-state index < -0.39 is 0 Å². The molecule has 1 saturated carbocycles. The third-order valence-electron chi connectivity index (χ3n) is 3.74. The molecule has 1 aliphatic rings. The van der Waals surface area contributed by atoms with Gasteiger partial charge in [0.05, 0.1) is 5.39 Å². The van der Waals surface area contributed by atoms with Gasteiger partial charge in [-0.3, -0.25) is 0 Å². The number of aromatic nitrogens is 2. The minimum atomic E-state index is 0.336. The lowest BCUT2D eigenvalue weighted by Crippen LogP contribution is -2.21. The first-order valence-corrected chi connectivity index (χ1v) is 8.26. The Morgan fingerprint density at radius 2 is 1.84 bits per heavy atom. The summed E-state index contributed by atoms with van der Waals surface area (Å²) in [7, 11) is 0. The van der Waals surface area contributed by atoms with Gasteiger partial charge >= 0.3 is 0 Å². The summed E-state index contributed by atoms with van der Waals surface area (Å²) in [5, 5.41) is 7.06. The monoisotopic (exact) mass is 295 g/mol. The second kappa shape index (κ2) is 6.06. The molecule has 0 amide bonds. The van der Waals surface area contributed by atoms with Crippen molar-refractivity contribution >= 4 is 39.0 Å². The molecule has 0 spiro atoms. The van der Waals surface area contributed by atoms with Gasteiger partial charge in [0.2, 0.25) is 5.28 Å². The van der Waals surface area contributed by atoms with Crippen LogP contribution < -0.4 is 5.32 Å². The predicted molar refractivity (Wildman–Crippen MR) is 82.2 cm³/mol. The Balaban J connectivity index is 1.81. The number of nitrogens with one attached hydrogen (secondary N) is 1. The van der Waals surface area contributed by atoms with Gasteiger partial charge in [0.25, 0.3) is 0 Å². The van der Waals surface area contributed by atoms with Crippen molar-refractivity contribution in [3.05, 3.63) is 16.7 Å². The summed E-state index contributed by atoms with van der Waals surface area (Å²) in [6.07, 6.45) is 9.18. The number of thiophene rings is 1. The molecular formula is C14H18ClN3S. The van der Waals surface area contributed by atoms with Crippen LogP contribution in [0, 0.1) is 0 Å². The summed E-state index contributed by atoms with van der Waals surface area (Å²) in [6.45, 7) is 0. The minimum absolute atomic E-state index is 0.336. The maximum absolute atomic E-state index is 6.00. The van der Waals surface area contributed by atoms with Gasteiger partial charge in [-0.2, -0.15) is 0 Å². The number of halogens is 1. The van der Waals surface area contributed by atoms with Crippen LogP contribution in [0.3, 0.4) is 0 Å². The quantitative estimate of drug-likeness (QED) is 0.803. The smallest absolute Gasteiger partial charge is 0.225 e. The summed E-state index contributed by atoms with van der Waals surface area (Å²) in [5.41, 5.74) is 0. The number of rotatable bonds is 2. The molecule has 0 aromatic carbocycles. The lowest BCUT2D eigenvalue weighted by atomic mass is 9.97. The molecule has 3 nitrogen and oxygen atoms in total. The zero-order chi connectivity index (χ0) is 13.1. The molecule has 2 aromatic rings. The van der Waals surface area contributed by atoms with Gasteiger partial charge in [-0.15, -0.1) is 11.3 Å². The molecule has 0 unspecified atom stereocenters. The van der Waals surface area contributed by atoms with E-state index in [-0.39, 0.29) is 0 Å². The molecule has 0 aliphatic heterocycles. The van der Waals surface area contributed by atoms with Gasteiger partial charge < -0.3 is 5.32 Å². The Kier molecular flexibility index (Phi) is 4.18. The number of hydrogen-bond acceptors (Lipinski definition) is 4. The number of hydrogen-bond donors (Lipinski definition) is 1. The molecular weight excluding hydrogens is 278 g/mol. The highest BCUT2D eigenvalue weighted by atomic mass is 35.5. The first-order chi connectivity index (χ1) is 9.33. The Morgan fingerprint density at radius 1 is 1.11 bits per heavy atom. The number of anilines is 1. The Hall–Kier alpha value is -0.870. The molecule has 2 heterocycles. The van der Waals surface area contributed by atoms with E-state index in [1.165, 1.54) is 44.9 Å². The van der Waals surface area contributed by atoms with E-state index in [0.717, 1.165) is 16.0 Å². The van der Waals surface area contributed by atoms with Crippen molar-refractivity contribution in [1.29, 1.82) is 0 Å². The van der Waals surface area contributed by atoms with Crippen LogP contribution in [-0.4, -0.2) is 16.0 Å². The van der Waals surface area contributed by atoms with E-state index >= 15 is 0 Å². The van der Waals surface area contributed by atoms with Crippen LogP contribution in [0.25, 0.3) is 10.2 Å². The topological polar surface area (TPSA) is 37.8 Å². The summed E-state index contributed by atoms with van der Waals surface area (Å²) in [6, 6.07) is 2.59. The molecule has 2 aromatic heterocycles. The maximum Gasteiger partial charge on any atom is 0.225 e. The summed E-state index contributed by atoms with van der Waals surface area (Å²) >= 11 is 7.61. The Labute approximate surface area is 122 Å². The molecule has 0 atom stereocenters. The van der Waals surface area contributed by atoms with E-state index in [0.29, 0.717) is 11.3 Å². The predicted octanol–water partition coefficient (Wildman–Crippen LogP) is 4.87. The van der Waals surface area contributed by atoms with Crippen LogP contribution in [0.1, 0.15) is 44.9 Å². The van der Waals surface area contributed by atoms with Crippen molar-refractivity contribution in [2.24, 2.45) is 0 Å². The maximum atomic E-state index is 6.00. The fourth-order valence-electron chi connectivity index (χ4n) is 2.73. The van der Waals surface area contributed by atoms with Gasteiger partial charge in [0, 0.05) is 6.04 Å². The van der Waals surface area contributed by atoms with Gasteiger partial charge in [-0.25, -0.2) is 9.97 Å². The summed E-state index contributed by atoms with van der Waals surface area (Å²) in [4.78, 5) is 9.59. The van der Waals surface area contributed by atoms with Crippen LogP contribution in [-0.2, 0) is 0 Å².